The lowest BCUT2D eigenvalue weighted by molar-refractivity contribution is 0.478. The summed E-state index contributed by atoms with van der Waals surface area (Å²) in [7, 11) is 1.87. The first-order valence-corrected chi connectivity index (χ1v) is 14.9. The van der Waals surface area contributed by atoms with Crippen molar-refractivity contribution < 1.29 is 4.39 Å². The van der Waals surface area contributed by atoms with Crippen molar-refractivity contribution in [1.82, 2.24) is 20.6 Å². The normalized spacial score (nSPS) is 13.0. The number of aryl methyl sites for hydroxylation is 1. The summed E-state index contributed by atoms with van der Waals surface area (Å²) >= 11 is 0. The summed E-state index contributed by atoms with van der Waals surface area (Å²) in [5.41, 5.74) is 8.96. The Morgan fingerprint density at radius 1 is 0.977 bits per heavy atom. The molecule has 0 spiro atoms. The Morgan fingerprint density at radius 2 is 1.59 bits per heavy atom. The summed E-state index contributed by atoms with van der Waals surface area (Å²) in [5, 5.41) is 6.65. The molecule has 2 aromatic rings. The van der Waals surface area contributed by atoms with Crippen LogP contribution >= 0.6 is 0 Å². The maximum atomic E-state index is 13.6. The summed E-state index contributed by atoms with van der Waals surface area (Å²) in [6.07, 6.45) is 13.3. The molecule has 0 atom stereocenters. The van der Waals surface area contributed by atoms with E-state index >= 15 is 0 Å². The molecular weight excluding hydrogens is 543 g/mol. The minimum absolute atomic E-state index is 0.106. The van der Waals surface area contributed by atoms with Crippen molar-refractivity contribution in [2.24, 2.45) is 5.41 Å². The second-order valence-corrected chi connectivity index (χ2v) is 10.8. The summed E-state index contributed by atoms with van der Waals surface area (Å²) in [4.78, 5) is 8.34. The van der Waals surface area contributed by atoms with Gasteiger partial charge in [-0.05, 0) is 67.8 Å². The van der Waals surface area contributed by atoms with Gasteiger partial charge in [-0.2, -0.15) is 0 Å². The second-order valence-electron chi connectivity index (χ2n) is 10.8. The third kappa shape index (κ3) is 9.98. The van der Waals surface area contributed by atoms with E-state index in [9.17, 15) is 4.39 Å². The van der Waals surface area contributed by atoms with Crippen LogP contribution in [0.1, 0.15) is 71.2 Å². The van der Waals surface area contributed by atoms with Gasteiger partial charge < -0.3 is 15.6 Å². The van der Waals surface area contributed by atoms with E-state index in [-0.39, 0.29) is 11.2 Å². The van der Waals surface area contributed by atoms with Crippen LogP contribution in [0.15, 0.2) is 134 Å². The SMILES string of the molecule is C=C/C=C(/c1ccc(F)cc1)c1nc(C(=C)C(=C/C(=C)C(/C=C(\C=C)NC(=C)C(C)(C)C)=C/C)/C(=C\C)NC)[nH]c1C.CC. The van der Waals surface area contributed by atoms with Gasteiger partial charge in [0, 0.05) is 52.0 Å². The van der Waals surface area contributed by atoms with Crippen LogP contribution in [-0.2, 0) is 0 Å². The van der Waals surface area contributed by atoms with Crippen molar-refractivity contribution >= 4 is 11.1 Å². The minimum Gasteiger partial charge on any atom is -0.388 e. The Labute approximate surface area is 265 Å². The minimum atomic E-state index is -0.295. The number of halogens is 1. The predicted molar refractivity (Wildman–Crippen MR) is 191 cm³/mol. The molecule has 0 saturated heterocycles. The molecule has 1 aromatic carbocycles. The van der Waals surface area contributed by atoms with Gasteiger partial charge in [0.05, 0.1) is 5.69 Å². The van der Waals surface area contributed by atoms with Crippen LogP contribution in [0.25, 0.3) is 11.1 Å². The Bertz CT molecular complexity index is 1510. The number of hydrogen-bond acceptors (Lipinski definition) is 3. The second kappa shape index (κ2) is 17.5. The van der Waals surface area contributed by atoms with E-state index in [0.717, 1.165) is 56.3 Å². The van der Waals surface area contributed by atoms with Crippen LogP contribution in [0.2, 0.25) is 0 Å². The number of aromatic nitrogens is 2. The topological polar surface area (TPSA) is 52.7 Å². The van der Waals surface area contributed by atoms with Gasteiger partial charge in [0.1, 0.15) is 11.6 Å². The molecule has 0 unspecified atom stereocenters. The Kier molecular flexibility index (Phi) is 14.8. The highest BCUT2D eigenvalue weighted by Crippen LogP contribution is 2.31. The number of nitrogens with zero attached hydrogens (tertiary/aromatic N) is 1. The summed E-state index contributed by atoms with van der Waals surface area (Å²) in [6, 6.07) is 6.34. The molecule has 5 heteroatoms. The van der Waals surface area contributed by atoms with E-state index in [2.05, 4.69) is 69.3 Å². The third-order valence-corrected chi connectivity index (χ3v) is 6.77. The quantitative estimate of drug-likeness (QED) is 0.202. The van der Waals surface area contributed by atoms with Crippen molar-refractivity contribution in [3.8, 4) is 0 Å². The van der Waals surface area contributed by atoms with Crippen molar-refractivity contribution in [2.45, 2.75) is 55.4 Å². The zero-order valence-electron chi connectivity index (χ0n) is 28.2. The van der Waals surface area contributed by atoms with E-state index in [1.165, 1.54) is 12.1 Å². The molecule has 0 radical (unpaired) electrons. The largest absolute Gasteiger partial charge is 0.388 e. The number of imidazole rings is 1. The fourth-order valence-corrected chi connectivity index (χ4v) is 4.11. The van der Waals surface area contributed by atoms with Gasteiger partial charge in [0.25, 0.3) is 0 Å². The lowest BCUT2D eigenvalue weighted by Crippen LogP contribution is -2.22. The third-order valence-electron chi connectivity index (χ3n) is 6.77. The molecule has 0 fully saturated rings. The molecule has 0 amide bonds. The molecule has 234 valence electrons. The zero-order chi connectivity index (χ0) is 33.6. The van der Waals surface area contributed by atoms with Gasteiger partial charge in [-0.25, -0.2) is 9.37 Å². The number of nitrogens with one attached hydrogen (secondary N) is 3. The highest BCUT2D eigenvalue weighted by molar-refractivity contribution is 5.84. The summed E-state index contributed by atoms with van der Waals surface area (Å²) in [6.45, 7) is 37.0. The molecule has 2 rings (SSSR count). The smallest absolute Gasteiger partial charge is 0.138 e. The zero-order valence-corrected chi connectivity index (χ0v) is 28.2. The molecule has 0 saturated carbocycles. The summed E-state index contributed by atoms with van der Waals surface area (Å²) in [5.74, 6) is 0.316. The van der Waals surface area contributed by atoms with Gasteiger partial charge in [-0.1, -0.05) is 104 Å². The van der Waals surface area contributed by atoms with Gasteiger partial charge in [-0.15, -0.1) is 0 Å². The molecule has 0 aliphatic rings. The molecular formula is C39H51FN4. The maximum absolute atomic E-state index is 13.6. The first kappa shape index (κ1) is 37.4. The van der Waals surface area contributed by atoms with E-state index in [1.807, 2.05) is 72.0 Å². The number of rotatable bonds is 13. The van der Waals surface area contributed by atoms with Crippen LogP contribution in [0.3, 0.4) is 0 Å². The van der Waals surface area contributed by atoms with Gasteiger partial charge in [0.2, 0.25) is 0 Å². The maximum Gasteiger partial charge on any atom is 0.138 e. The van der Waals surface area contributed by atoms with Crippen LogP contribution in [0.5, 0.6) is 0 Å². The van der Waals surface area contributed by atoms with Crippen LogP contribution in [-0.4, -0.2) is 17.0 Å². The molecule has 0 aliphatic carbocycles. The van der Waals surface area contributed by atoms with E-state index in [4.69, 9.17) is 4.98 Å². The molecule has 0 bridgehead atoms. The van der Waals surface area contributed by atoms with Crippen molar-refractivity contribution in [2.75, 3.05) is 7.05 Å². The van der Waals surface area contributed by atoms with Crippen molar-refractivity contribution in [3.05, 3.63) is 162 Å². The highest BCUT2D eigenvalue weighted by Gasteiger charge is 2.19. The molecule has 44 heavy (non-hydrogen) atoms. The van der Waals surface area contributed by atoms with Crippen molar-refractivity contribution in [3.63, 3.8) is 0 Å². The standard InChI is InChI=1S/C37H45FN4.C2H6/c1-13-17-32(29-18-20-30(38)21-19-29)35-26(7)40-36(42-35)25(6)33(34(16-4)39-12)22-24(5)28(14-2)23-31(15-3)41-27(8)37(9,10)11;1-2/h13-23,39,41H,1,3,5-6,8H2,2,4,7,9-12H3,(H,40,42);1-2H3/b28-14+,31-23+,32-17-,33-22-,34-16+;. The number of H-pyrrole nitrogens is 1. The molecule has 1 aromatic heterocycles. The Hall–Kier alpha value is -4.64. The van der Waals surface area contributed by atoms with E-state index in [0.29, 0.717) is 11.4 Å². The predicted octanol–water partition coefficient (Wildman–Crippen LogP) is 10.3. The number of likely N-dealkylation sites (N-methyl/N-ethyl adjacent to an activating group) is 1. The lowest BCUT2D eigenvalue weighted by Gasteiger charge is -2.24. The monoisotopic (exact) mass is 594 g/mol. The summed E-state index contributed by atoms with van der Waals surface area (Å²) < 4.78 is 13.6. The average molecular weight is 595 g/mol. The average Bonchev–Trinajstić information content (AvgIpc) is 3.39. The first-order chi connectivity index (χ1) is 20.8. The lowest BCUT2D eigenvalue weighted by atomic mass is 9.92. The number of benzene rings is 1. The van der Waals surface area contributed by atoms with E-state index < -0.39 is 0 Å². The van der Waals surface area contributed by atoms with Gasteiger partial charge in [-0.3, -0.25) is 0 Å². The Balaban J connectivity index is 0.00000474. The fraction of sp³-hybridized carbons (Fsp3) is 0.256. The Morgan fingerprint density at radius 3 is 2.07 bits per heavy atom. The van der Waals surface area contributed by atoms with Gasteiger partial charge in [0.15, 0.2) is 0 Å². The van der Waals surface area contributed by atoms with E-state index in [1.54, 1.807) is 24.3 Å². The van der Waals surface area contributed by atoms with Crippen LogP contribution < -0.4 is 10.6 Å². The first-order valence-electron chi connectivity index (χ1n) is 14.9. The molecule has 3 N–H and O–H groups in total. The molecule has 0 aliphatic heterocycles. The van der Waals surface area contributed by atoms with Crippen LogP contribution in [0, 0.1) is 18.2 Å². The number of hydrogen-bond donors (Lipinski definition) is 3. The number of allylic oxidation sites excluding steroid dienone is 11. The number of aromatic amines is 1. The highest BCUT2D eigenvalue weighted by atomic mass is 19.1. The van der Waals surface area contributed by atoms with Gasteiger partial charge >= 0.3 is 0 Å². The fourth-order valence-electron chi connectivity index (χ4n) is 4.11. The molecule has 4 nitrogen and oxygen atoms in total. The van der Waals surface area contributed by atoms with Crippen molar-refractivity contribution in [1.29, 1.82) is 0 Å². The van der Waals surface area contributed by atoms with Crippen LogP contribution in [0.4, 0.5) is 4.39 Å². The molecule has 1 heterocycles.